The number of hydrogen-bond acceptors (Lipinski definition) is 6. The molecule has 2 aromatic rings. The van der Waals surface area contributed by atoms with E-state index in [1.54, 1.807) is 34.6 Å². The van der Waals surface area contributed by atoms with Crippen LogP contribution in [0.15, 0.2) is 48.5 Å². The van der Waals surface area contributed by atoms with Gasteiger partial charge in [-0.3, -0.25) is 4.90 Å². The van der Waals surface area contributed by atoms with E-state index in [4.69, 9.17) is 14.2 Å². The molecule has 1 aliphatic carbocycles. The van der Waals surface area contributed by atoms with Gasteiger partial charge >= 0.3 is 18.2 Å². The van der Waals surface area contributed by atoms with E-state index in [1.165, 1.54) is 4.90 Å². The lowest BCUT2D eigenvalue weighted by molar-refractivity contribution is -0.145. The van der Waals surface area contributed by atoms with Crippen molar-refractivity contribution in [2.75, 3.05) is 13.2 Å². The molecule has 2 aromatic carbocycles. The Kier molecular flexibility index (Phi) is 6.70. The van der Waals surface area contributed by atoms with Crippen LogP contribution in [0.3, 0.4) is 0 Å². The lowest BCUT2D eigenvalue weighted by atomic mass is 9.98. The molecule has 2 atom stereocenters. The van der Waals surface area contributed by atoms with Crippen molar-refractivity contribution >= 4 is 18.2 Å². The van der Waals surface area contributed by atoms with Gasteiger partial charge in [0.2, 0.25) is 0 Å². The molecule has 0 bridgehead atoms. The summed E-state index contributed by atoms with van der Waals surface area (Å²) in [6.07, 6.45) is -2.49. The van der Waals surface area contributed by atoms with Crippen LogP contribution in [0.4, 0.5) is 9.59 Å². The molecule has 9 nitrogen and oxygen atoms in total. The third kappa shape index (κ3) is 5.16. The van der Waals surface area contributed by atoms with Crippen molar-refractivity contribution in [2.45, 2.75) is 64.0 Å². The molecule has 1 saturated heterocycles. The smallest absolute Gasteiger partial charge is 0.412 e. The second-order valence-corrected chi connectivity index (χ2v) is 10.5. The molecule has 1 fully saturated rings. The van der Waals surface area contributed by atoms with Crippen molar-refractivity contribution in [3.63, 3.8) is 0 Å². The van der Waals surface area contributed by atoms with E-state index in [2.05, 4.69) is 5.32 Å². The fourth-order valence-electron chi connectivity index (χ4n) is 4.74. The maximum absolute atomic E-state index is 12.7. The summed E-state index contributed by atoms with van der Waals surface area (Å²) >= 11 is 0. The lowest BCUT2D eigenvalue weighted by Crippen LogP contribution is -2.50. The van der Waals surface area contributed by atoms with Crippen LogP contribution in [0.2, 0.25) is 0 Å². The first-order chi connectivity index (χ1) is 16.9. The molecule has 9 heteroatoms. The Bertz CT molecular complexity index is 1130. The summed E-state index contributed by atoms with van der Waals surface area (Å²) in [7, 11) is 0. The number of carboxylic acid groups (broad SMARTS) is 1. The lowest BCUT2D eigenvalue weighted by Gasteiger charge is -2.31. The summed E-state index contributed by atoms with van der Waals surface area (Å²) < 4.78 is 16.8. The van der Waals surface area contributed by atoms with Gasteiger partial charge in [0, 0.05) is 5.92 Å². The normalized spacial score (nSPS) is 19.2. The predicted molar refractivity (Wildman–Crippen MR) is 132 cm³/mol. The van der Waals surface area contributed by atoms with Crippen LogP contribution in [0.5, 0.6) is 0 Å². The van der Waals surface area contributed by atoms with Gasteiger partial charge in [0.15, 0.2) is 6.04 Å². The largest absolute Gasteiger partial charge is 0.480 e. The van der Waals surface area contributed by atoms with Gasteiger partial charge in [-0.15, -0.1) is 0 Å². The Labute approximate surface area is 210 Å². The van der Waals surface area contributed by atoms with Gasteiger partial charge in [-0.05, 0) is 56.9 Å². The summed E-state index contributed by atoms with van der Waals surface area (Å²) in [5.41, 5.74) is 2.44. The molecule has 4 rings (SSSR count). The topological polar surface area (TPSA) is 114 Å². The number of hydrogen-bond donors (Lipinski definition) is 2. The number of nitrogens with zero attached hydrogens (tertiary/aromatic N) is 1. The highest BCUT2D eigenvalue weighted by Gasteiger charge is 2.49. The minimum Gasteiger partial charge on any atom is -0.480 e. The van der Waals surface area contributed by atoms with Crippen LogP contribution >= 0.6 is 0 Å². The Morgan fingerprint density at radius 3 is 2.17 bits per heavy atom. The molecule has 1 heterocycles. The van der Waals surface area contributed by atoms with E-state index in [0.29, 0.717) is 0 Å². The van der Waals surface area contributed by atoms with Crippen LogP contribution in [-0.2, 0) is 19.0 Å². The molecule has 36 heavy (non-hydrogen) atoms. The van der Waals surface area contributed by atoms with E-state index in [1.807, 2.05) is 48.5 Å². The van der Waals surface area contributed by atoms with E-state index in [-0.39, 0.29) is 19.1 Å². The first-order valence-corrected chi connectivity index (χ1v) is 11.9. The van der Waals surface area contributed by atoms with Crippen molar-refractivity contribution in [1.82, 2.24) is 10.2 Å². The number of benzene rings is 2. The molecule has 0 spiro atoms. The van der Waals surface area contributed by atoms with E-state index in [0.717, 1.165) is 22.3 Å². The van der Waals surface area contributed by atoms with Gasteiger partial charge in [0.1, 0.15) is 24.0 Å². The second kappa shape index (κ2) is 9.46. The van der Waals surface area contributed by atoms with Crippen molar-refractivity contribution in [2.24, 2.45) is 0 Å². The summed E-state index contributed by atoms with van der Waals surface area (Å²) in [6.45, 7) is 8.49. The highest BCUT2D eigenvalue weighted by atomic mass is 16.6. The van der Waals surface area contributed by atoms with Gasteiger partial charge in [-0.25, -0.2) is 14.4 Å². The fraction of sp³-hybridized carbons (Fsp3) is 0.444. The predicted octanol–water partition coefficient (Wildman–Crippen LogP) is 4.35. The van der Waals surface area contributed by atoms with Gasteiger partial charge < -0.3 is 24.6 Å². The summed E-state index contributed by atoms with van der Waals surface area (Å²) in [5.74, 6) is -1.45. The van der Waals surface area contributed by atoms with Crippen LogP contribution < -0.4 is 5.32 Å². The number of carbonyl (C=O) groups is 3. The molecule has 0 aromatic heterocycles. The maximum Gasteiger partial charge on any atom is 0.412 e. The number of fused-ring (bicyclic) bond motifs is 3. The third-order valence-corrected chi connectivity index (χ3v) is 6.32. The van der Waals surface area contributed by atoms with Gasteiger partial charge in [-0.1, -0.05) is 48.5 Å². The molecule has 192 valence electrons. The van der Waals surface area contributed by atoms with Crippen LogP contribution in [0, 0.1) is 0 Å². The molecule has 2 amide bonds. The maximum atomic E-state index is 12.7. The number of alkyl carbamates (subject to hydrolysis) is 1. The number of aliphatic carboxylic acids is 1. The minimum atomic E-state index is -1.42. The van der Waals surface area contributed by atoms with Gasteiger partial charge in [-0.2, -0.15) is 0 Å². The quantitative estimate of drug-likeness (QED) is 0.632. The fourth-order valence-corrected chi connectivity index (χ4v) is 4.74. The number of carboxylic acids is 1. The number of rotatable bonds is 5. The third-order valence-electron chi connectivity index (χ3n) is 6.32. The highest BCUT2D eigenvalue weighted by molar-refractivity contribution is 5.82. The average molecular weight is 497 g/mol. The molecule has 2 N–H and O–H groups in total. The summed E-state index contributed by atoms with van der Waals surface area (Å²) in [6, 6.07) is 14.4. The van der Waals surface area contributed by atoms with Crippen molar-refractivity contribution in [1.29, 1.82) is 0 Å². The molecule has 1 unspecified atom stereocenters. The zero-order chi connectivity index (χ0) is 26.3. The van der Waals surface area contributed by atoms with Crippen molar-refractivity contribution in [3.8, 4) is 11.1 Å². The van der Waals surface area contributed by atoms with Gasteiger partial charge in [0.05, 0.1) is 6.54 Å². The van der Waals surface area contributed by atoms with Gasteiger partial charge in [0.25, 0.3) is 0 Å². The monoisotopic (exact) mass is 496 g/mol. The second-order valence-electron chi connectivity index (χ2n) is 10.5. The van der Waals surface area contributed by atoms with Crippen LogP contribution in [0.1, 0.15) is 51.7 Å². The zero-order valence-electron chi connectivity index (χ0n) is 21.1. The number of ether oxygens (including phenoxy) is 3. The Morgan fingerprint density at radius 1 is 1.08 bits per heavy atom. The van der Waals surface area contributed by atoms with Crippen LogP contribution in [0.25, 0.3) is 11.1 Å². The minimum absolute atomic E-state index is 0.0489. The first-order valence-electron chi connectivity index (χ1n) is 11.9. The number of amides is 2. The zero-order valence-corrected chi connectivity index (χ0v) is 21.1. The summed E-state index contributed by atoms with van der Waals surface area (Å²) in [4.78, 5) is 38.7. The Hall–Kier alpha value is -3.59. The van der Waals surface area contributed by atoms with E-state index < -0.39 is 41.6 Å². The average Bonchev–Trinajstić information content (AvgIpc) is 3.28. The number of nitrogens with one attached hydrogen (secondary N) is 1. The first kappa shape index (κ1) is 25.5. The van der Waals surface area contributed by atoms with Crippen molar-refractivity contribution in [3.05, 3.63) is 59.7 Å². The Morgan fingerprint density at radius 2 is 1.64 bits per heavy atom. The molecular formula is C27H32N2O7. The molecule has 1 aliphatic heterocycles. The molecular weight excluding hydrogens is 464 g/mol. The van der Waals surface area contributed by atoms with Crippen molar-refractivity contribution < 1.29 is 33.7 Å². The SMILES string of the molecule is CC(C)(C)OC(=O)N1C[C@@H](C(NC(=O)OCC2c3ccccc3-c3ccccc32)C(=O)O)OC1(C)C. The standard InChI is InChI=1S/C27H32N2O7/c1-26(2,3)36-25(33)29-14-21(35-27(29,4)5)22(23(30)31)28-24(32)34-15-20-18-12-8-6-10-16(18)17-11-7-9-13-19(17)20/h6-13,20-22H,14-15H2,1-5H3,(H,28,32)(H,30,31)/t21-,22?/m0/s1. The number of carbonyl (C=O) groups excluding carboxylic acids is 2. The van der Waals surface area contributed by atoms with E-state index >= 15 is 0 Å². The molecule has 0 saturated carbocycles. The Balaban J connectivity index is 1.43. The molecule has 2 aliphatic rings. The van der Waals surface area contributed by atoms with E-state index in [9.17, 15) is 19.5 Å². The van der Waals surface area contributed by atoms with Crippen LogP contribution in [-0.4, -0.2) is 64.8 Å². The highest BCUT2D eigenvalue weighted by Crippen LogP contribution is 2.44. The summed E-state index contributed by atoms with van der Waals surface area (Å²) in [5, 5.41) is 12.2. The molecule has 0 radical (unpaired) electrons.